The smallest absolute Gasteiger partial charge is 0.315 e. The predicted octanol–water partition coefficient (Wildman–Crippen LogP) is 1.35. The molecule has 6 nitrogen and oxygen atoms in total. The molecule has 0 aliphatic carbocycles. The molecule has 1 aliphatic heterocycles. The summed E-state index contributed by atoms with van der Waals surface area (Å²) in [4.78, 5) is 22.0. The monoisotopic (exact) mass is 272 g/mol. The van der Waals surface area contributed by atoms with E-state index in [1.807, 2.05) is 13.8 Å². The van der Waals surface area contributed by atoms with Crippen LogP contribution >= 0.6 is 0 Å². The summed E-state index contributed by atoms with van der Waals surface area (Å²) < 4.78 is 5.43. The van der Waals surface area contributed by atoms with Gasteiger partial charge in [0.05, 0.1) is 6.10 Å². The fraction of sp³-hybridized carbons (Fsp3) is 0.846. The van der Waals surface area contributed by atoms with Crippen molar-refractivity contribution in [3.8, 4) is 0 Å². The van der Waals surface area contributed by atoms with E-state index in [1.54, 1.807) is 0 Å². The van der Waals surface area contributed by atoms with Crippen molar-refractivity contribution in [2.24, 2.45) is 5.92 Å². The van der Waals surface area contributed by atoms with E-state index in [4.69, 9.17) is 9.84 Å². The summed E-state index contributed by atoms with van der Waals surface area (Å²) >= 11 is 0. The second-order valence-corrected chi connectivity index (χ2v) is 5.17. The molecular weight excluding hydrogens is 248 g/mol. The summed E-state index contributed by atoms with van der Waals surface area (Å²) in [6.07, 6.45) is 2.57. The maximum atomic E-state index is 11.6. The molecule has 6 heteroatoms. The van der Waals surface area contributed by atoms with E-state index in [1.165, 1.54) is 0 Å². The van der Waals surface area contributed by atoms with Crippen molar-refractivity contribution in [1.82, 2.24) is 10.6 Å². The summed E-state index contributed by atoms with van der Waals surface area (Å²) in [5, 5.41) is 14.2. The van der Waals surface area contributed by atoms with Crippen molar-refractivity contribution in [1.29, 1.82) is 0 Å². The lowest BCUT2D eigenvalue weighted by molar-refractivity contribution is -0.137. The molecule has 1 rings (SSSR count). The summed E-state index contributed by atoms with van der Waals surface area (Å²) in [5.74, 6) is -0.417. The van der Waals surface area contributed by atoms with E-state index < -0.39 is 5.97 Å². The number of carboxylic acid groups (broad SMARTS) is 1. The van der Waals surface area contributed by atoms with Crippen molar-refractivity contribution in [2.75, 3.05) is 13.2 Å². The van der Waals surface area contributed by atoms with E-state index in [9.17, 15) is 9.59 Å². The first-order valence-electron chi connectivity index (χ1n) is 6.86. The number of amides is 2. The number of carboxylic acids is 1. The molecule has 1 fully saturated rings. The van der Waals surface area contributed by atoms with E-state index >= 15 is 0 Å². The third-order valence-electron chi connectivity index (χ3n) is 3.46. The van der Waals surface area contributed by atoms with Gasteiger partial charge >= 0.3 is 12.0 Å². The Morgan fingerprint density at radius 3 is 2.79 bits per heavy atom. The highest BCUT2D eigenvalue weighted by molar-refractivity contribution is 5.74. The van der Waals surface area contributed by atoms with Crippen LogP contribution in [0.3, 0.4) is 0 Å². The number of hydrogen-bond donors (Lipinski definition) is 3. The number of rotatable bonds is 7. The highest BCUT2D eigenvalue weighted by Crippen LogP contribution is 2.19. The molecule has 0 saturated carbocycles. The van der Waals surface area contributed by atoms with Gasteiger partial charge in [-0.2, -0.15) is 0 Å². The molecule has 1 heterocycles. The third-order valence-corrected chi connectivity index (χ3v) is 3.46. The van der Waals surface area contributed by atoms with Gasteiger partial charge in [0.15, 0.2) is 0 Å². The van der Waals surface area contributed by atoms with Crippen molar-refractivity contribution < 1.29 is 19.4 Å². The fourth-order valence-electron chi connectivity index (χ4n) is 2.17. The number of nitrogens with one attached hydrogen (secondary N) is 2. The summed E-state index contributed by atoms with van der Waals surface area (Å²) in [7, 11) is 0. The molecule has 1 saturated heterocycles. The van der Waals surface area contributed by atoms with Crippen LogP contribution in [0.25, 0.3) is 0 Å². The molecule has 0 aromatic rings. The first-order valence-corrected chi connectivity index (χ1v) is 6.86. The summed E-state index contributed by atoms with van der Waals surface area (Å²) in [6, 6.07) is -0.210. The van der Waals surface area contributed by atoms with Crippen LogP contribution in [0.1, 0.15) is 39.5 Å². The lowest BCUT2D eigenvalue weighted by atomic mass is 10.0. The van der Waals surface area contributed by atoms with Gasteiger partial charge in [0.2, 0.25) is 0 Å². The Morgan fingerprint density at radius 2 is 2.21 bits per heavy atom. The van der Waals surface area contributed by atoms with Gasteiger partial charge in [-0.05, 0) is 33.1 Å². The van der Waals surface area contributed by atoms with Gasteiger partial charge in [-0.3, -0.25) is 4.79 Å². The molecule has 0 aromatic carbocycles. The zero-order chi connectivity index (χ0) is 14.3. The number of urea groups is 1. The van der Waals surface area contributed by atoms with Crippen LogP contribution in [0, 0.1) is 5.92 Å². The molecule has 3 unspecified atom stereocenters. The van der Waals surface area contributed by atoms with Crippen LogP contribution < -0.4 is 10.6 Å². The molecule has 0 aromatic heterocycles. The predicted molar refractivity (Wildman–Crippen MR) is 71.0 cm³/mol. The Balaban J connectivity index is 2.10. The second kappa shape index (κ2) is 7.99. The van der Waals surface area contributed by atoms with Gasteiger partial charge < -0.3 is 20.5 Å². The van der Waals surface area contributed by atoms with Crippen molar-refractivity contribution in [3.05, 3.63) is 0 Å². The van der Waals surface area contributed by atoms with Crippen LogP contribution in [0.2, 0.25) is 0 Å². The Hall–Kier alpha value is -1.30. The van der Waals surface area contributed by atoms with E-state index in [2.05, 4.69) is 10.6 Å². The molecule has 0 radical (unpaired) electrons. The second-order valence-electron chi connectivity index (χ2n) is 5.17. The van der Waals surface area contributed by atoms with Crippen molar-refractivity contribution in [2.45, 2.75) is 51.7 Å². The Bertz CT molecular complexity index is 309. The largest absolute Gasteiger partial charge is 0.481 e. The zero-order valence-corrected chi connectivity index (χ0v) is 11.6. The highest BCUT2D eigenvalue weighted by atomic mass is 16.5. The lowest BCUT2D eigenvalue weighted by Crippen LogP contribution is -2.43. The number of ether oxygens (including phenoxy) is 1. The van der Waals surface area contributed by atoms with Crippen LogP contribution in [-0.2, 0) is 9.53 Å². The number of aliphatic carboxylic acids is 1. The standard InChI is InChI=1S/C13H24N2O4/c1-9(4-3-5-12(16)17)15-13(18)14-8-11-6-7-19-10(11)2/h9-11H,3-8H2,1-2H3,(H,16,17)(H2,14,15,18). The quantitative estimate of drug-likeness (QED) is 0.653. The van der Waals surface area contributed by atoms with Gasteiger partial charge in [0.1, 0.15) is 0 Å². The topological polar surface area (TPSA) is 87.7 Å². The molecule has 1 aliphatic rings. The minimum atomic E-state index is -0.799. The van der Waals surface area contributed by atoms with E-state index in [-0.39, 0.29) is 24.6 Å². The highest BCUT2D eigenvalue weighted by Gasteiger charge is 2.24. The van der Waals surface area contributed by atoms with Gasteiger partial charge in [-0.15, -0.1) is 0 Å². The van der Waals surface area contributed by atoms with Crippen molar-refractivity contribution >= 4 is 12.0 Å². The molecular formula is C13H24N2O4. The third kappa shape index (κ3) is 6.42. The molecule has 0 spiro atoms. The number of carbonyl (C=O) groups excluding carboxylic acids is 1. The molecule has 3 N–H and O–H groups in total. The van der Waals surface area contributed by atoms with Gasteiger partial charge in [0.25, 0.3) is 0 Å². The molecule has 0 bridgehead atoms. The number of carbonyl (C=O) groups is 2. The lowest BCUT2D eigenvalue weighted by Gasteiger charge is -2.17. The zero-order valence-electron chi connectivity index (χ0n) is 11.6. The van der Waals surface area contributed by atoms with Crippen molar-refractivity contribution in [3.63, 3.8) is 0 Å². The van der Waals surface area contributed by atoms with Crippen LogP contribution in [0.4, 0.5) is 4.79 Å². The first kappa shape index (κ1) is 15.8. The normalized spacial score (nSPS) is 23.9. The average molecular weight is 272 g/mol. The van der Waals surface area contributed by atoms with Gasteiger partial charge in [0, 0.05) is 31.5 Å². The minimum Gasteiger partial charge on any atom is -0.481 e. The summed E-state index contributed by atoms with van der Waals surface area (Å²) in [6.45, 7) is 5.28. The minimum absolute atomic E-state index is 0.0170. The Labute approximate surface area is 113 Å². The molecule has 3 atom stereocenters. The van der Waals surface area contributed by atoms with E-state index in [0.29, 0.717) is 25.3 Å². The van der Waals surface area contributed by atoms with Gasteiger partial charge in [-0.1, -0.05) is 0 Å². The van der Waals surface area contributed by atoms with Gasteiger partial charge in [-0.25, -0.2) is 4.79 Å². The maximum absolute atomic E-state index is 11.6. The maximum Gasteiger partial charge on any atom is 0.315 e. The average Bonchev–Trinajstić information content (AvgIpc) is 2.71. The summed E-state index contributed by atoms with van der Waals surface area (Å²) in [5.41, 5.74) is 0. The Kier molecular flexibility index (Phi) is 6.62. The number of hydrogen-bond acceptors (Lipinski definition) is 3. The Morgan fingerprint density at radius 1 is 1.47 bits per heavy atom. The van der Waals surface area contributed by atoms with Crippen LogP contribution in [0.15, 0.2) is 0 Å². The molecule has 110 valence electrons. The molecule has 2 amide bonds. The molecule has 19 heavy (non-hydrogen) atoms. The van der Waals surface area contributed by atoms with E-state index in [0.717, 1.165) is 13.0 Å². The first-order chi connectivity index (χ1) is 8.99. The SMILES string of the molecule is CC(CCCC(=O)O)NC(=O)NCC1CCOC1C. The van der Waals surface area contributed by atoms with Crippen LogP contribution in [0.5, 0.6) is 0 Å². The van der Waals surface area contributed by atoms with Crippen LogP contribution in [-0.4, -0.2) is 42.4 Å². The fourth-order valence-corrected chi connectivity index (χ4v) is 2.17.